The molecule has 3 aliphatic rings. The van der Waals surface area contributed by atoms with Crippen molar-refractivity contribution in [2.75, 3.05) is 52.9 Å². The summed E-state index contributed by atoms with van der Waals surface area (Å²) >= 11 is 0. The van der Waals surface area contributed by atoms with Crippen molar-refractivity contribution >= 4 is 18.2 Å². The molecule has 2 amide bonds. The average molecular weight is 606 g/mol. The molecule has 0 aromatic carbocycles. The van der Waals surface area contributed by atoms with Crippen LogP contribution in [0, 0.1) is 11.8 Å². The number of likely N-dealkylation sites (tertiary alicyclic amines) is 1. The molecule has 3 heterocycles. The zero-order chi connectivity index (χ0) is 31.6. The van der Waals surface area contributed by atoms with Crippen LogP contribution in [0.5, 0.6) is 0 Å². The van der Waals surface area contributed by atoms with E-state index in [4.69, 9.17) is 14.2 Å². The molecule has 2 N–H and O–H groups in total. The van der Waals surface area contributed by atoms with E-state index in [-0.39, 0.29) is 43.8 Å². The number of ether oxygens (including phenoxy) is 3. The first-order valence-electron chi connectivity index (χ1n) is 15.5. The Labute approximate surface area is 256 Å². The predicted molar refractivity (Wildman–Crippen MR) is 162 cm³/mol. The molecular weight excluding hydrogens is 554 g/mol. The van der Waals surface area contributed by atoms with Crippen molar-refractivity contribution in [1.29, 1.82) is 0 Å². The van der Waals surface area contributed by atoms with E-state index in [1.165, 1.54) is 0 Å². The van der Waals surface area contributed by atoms with Crippen LogP contribution in [-0.4, -0.2) is 120 Å². The van der Waals surface area contributed by atoms with Crippen LogP contribution in [-0.2, 0) is 19.0 Å². The number of likely N-dealkylation sites (N-methyl/N-ethyl adjacent to an activating group) is 1. The van der Waals surface area contributed by atoms with Gasteiger partial charge in [0, 0.05) is 51.1 Å². The molecule has 2 fully saturated rings. The van der Waals surface area contributed by atoms with Crippen molar-refractivity contribution in [2.45, 2.75) is 83.7 Å². The molecule has 0 spiro atoms. The first-order chi connectivity index (χ1) is 20.4. The third-order valence-corrected chi connectivity index (χ3v) is 8.40. The highest BCUT2D eigenvalue weighted by molar-refractivity contribution is 5.70. The van der Waals surface area contributed by atoms with Gasteiger partial charge in [0.1, 0.15) is 11.7 Å². The summed E-state index contributed by atoms with van der Waals surface area (Å²) in [6, 6.07) is 0. The molecule has 0 radical (unpaired) electrons. The van der Waals surface area contributed by atoms with Crippen LogP contribution in [0.15, 0.2) is 36.0 Å². The van der Waals surface area contributed by atoms with Crippen molar-refractivity contribution in [3.05, 3.63) is 36.0 Å². The van der Waals surface area contributed by atoms with Gasteiger partial charge in [-0.1, -0.05) is 38.2 Å². The van der Waals surface area contributed by atoms with Crippen LogP contribution in [0.2, 0.25) is 0 Å². The monoisotopic (exact) mass is 605 g/mol. The van der Waals surface area contributed by atoms with Gasteiger partial charge >= 0.3 is 18.2 Å². The topological polar surface area (TPSA) is 129 Å². The number of allylic oxidation sites excluding steroid dienone is 2. The fourth-order valence-corrected chi connectivity index (χ4v) is 5.36. The molecule has 242 valence electrons. The van der Waals surface area contributed by atoms with E-state index < -0.39 is 36.0 Å². The maximum absolute atomic E-state index is 13.0. The second-order valence-electron chi connectivity index (χ2n) is 12.5. The van der Waals surface area contributed by atoms with E-state index in [9.17, 15) is 24.6 Å². The minimum Gasteiger partial charge on any atom is -0.457 e. The van der Waals surface area contributed by atoms with E-state index in [1.807, 2.05) is 46.0 Å². The van der Waals surface area contributed by atoms with Crippen LogP contribution in [0.3, 0.4) is 0 Å². The lowest BCUT2D eigenvalue weighted by Gasteiger charge is -2.36. The number of aliphatic hydroxyl groups excluding tert-OH is 1. The van der Waals surface area contributed by atoms with Crippen LogP contribution in [0.4, 0.5) is 9.59 Å². The first-order valence-corrected chi connectivity index (χ1v) is 15.5. The smallest absolute Gasteiger partial charge is 0.410 e. The Bertz CT molecular complexity index is 1030. The number of piperazine rings is 1. The minimum atomic E-state index is -1.46. The Hall–Kier alpha value is -2.89. The lowest BCUT2D eigenvalue weighted by molar-refractivity contribution is -0.151. The number of hydrogen-bond donors (Lipinski definition) is 2. The Balaban J connectivity index is 1.71. The molecule has 0 aromatic rings. The third kappa shape index (κ3) is 11.0. The van der Waals surface area contributed by atoms with E-state index in [2.05, 4.69) is 4.90 Å². The molecule has 11 nitrogen and oxygen atoms in total. The summed E-state index contributed by atoms with van der Waals surface area (Å²) in [4.78, 5) is 43.4. The normalized spacial score (nSPS) is 31.6. The summed E-state index contributed by atoms with van der Waals surface area (Å²) in [6.07, 6.45) is 7.76. The van der Waals surface area contributed by atoms with Crippen molar-refractivity contribution in [3.63, 3.8) is 0 Å². The Morgan fingerprint density at radius 2 is 1.77 bits per heavy atom. The van der Waals surface area contributed by atoms with Gasteiger partial charge in [0.15, 0.2) is 6.10 Å². The molecule has 2 saturated heterocycles. The quantitative estimate of drug-likeness (QED) is 0.202. The SMILES string of the molecule is C/C(=C\C=C\[C@@H](C)COC(=O)N1CCCC1)[C@H]1OC(=O)C[C@@H](O)CC[C@](C)(O)[C@@H](OC(=O)N2CCN(C)CC2)/C=C\[C@@H]1C. The number of rotatable bonds is 6. The maximum Gasteiger partial charge on any atom is 0.410 e. The van der Waals surface area contributed by atoms with Crippen molar-refractivity contribution < 1.29 is 38.8 Å². The van der Waals surface area contributed by atoms with Gasteiger partial charge in [-0.25, -0.2) is 9.59 Å². The Morgan fingerprint density at radius 1 is 1.12 bits per heavy atom. The molecule has 43 heavy (non-hydrogen) atoms. The van der Waals surface area contributed by atoms with Gasteiger partial charge < -0.3 is 39.1 Å². The van der Waals surface area contributed by atoms with Gasteiger partial charge in [-0.05, 0) is 58.2 Å². The molecule has 0 aliphatic carbocycles. The lowest BCUT2D eigenvalue weighted by Crippen LogP contribution is -2.50. The highest BCUT2D eigenvalue weighted by Crippen LogP contribution is 2.27. The summed E-state index contributed by atoms with van der Waals surface area (Å²) in [5.41, 5.74) is -0.688. The highest BCUT2D eigenvalue weighted by atomic mass is 16.6. The molecule has 6 atom stereocenters. The number of esters is 1. The Kier molecular flexibility index (Phi) is 13.1. The van der Waals surface area contributed by atoms with Crippen molar-refractivity contribution in [1.82, 2.24) is 14.7 Å². The molecule has 3 aliphatic heterocycles. The fraction of sp³-hybridized carbons (Fsp3) is 0.719. The van der Waals surface area contributed by atoms with E-state index in [1.54, 1.807) is 28.9 Å². The van der Waals surface area contributed by atoms with Crippen LogP contribution in [0.1, 0.15) is 59.8 Å². The zero-order valence-electron chi connectivity index (χ0n) is 26.4. The number of amides is 2. The van der Waals surface area contributed by atoms with Crippen LogP contribution in [0.25, 0.3) is 0 Å². The Morgan fingerprint density at radius 3 is 2.44 bits per heavy atom. The summed E-state index contributed by atoms with van der Waals surface area (Å²) in [5.74, 6) is -0.875. The first kappa shape index (κ1) is 34.6. The standard InChI is InChI=1S/C32H51N3O8/c1-23(22-41-30(38)34-15-6-7-16-34)9-8-10-24(2)29-25(3)11-12-27(42-31(39)35-19-17-33(5)18-20-35)32(4,40)14-13-26(36)21-28(37)43-29/h8-12,23,25-27,29,36,40H,6-7,13-22H2,1-5H3/b9-8+,12-11-,24-10+/t23-,25+,26+,27+,29-,32+/m1/s1. The molecule has 11 heteroatoms. The number of carbonyl (C=O) groups is 3. The summed E-state index contributed by atoms with van der Waals surface area (Å²) < 4.78 is 17.1. The molecule has 0 aromatic heterocycles. The highest BCUT2D eigenvalue weighted by Gasteiger charge is 2.36. The van der Waals surface area contributed by atoms with Crippen molar-refractivity contribution in [3.8, 4) is 0 Å². The average Bonchev–Trinajstić information content (AvgIpc) is 3.50. The lowest BCUT2D eigenvalue weighted by atomic mass is 9.89. The number of carbonyl (C=O) groups excluding carboxylic acids is 3. The van der Waals surface area contributed by atoms with Gasteiger partial charge in [-0.2, -0.15) is 0 Å². The molecular formula is C32H51N3O8. The van der Waals surface area contributed by atoms with E-state index >= 15 is 0 Å². The molecule has 0 saturated carbocycles. The molecule has 0 unspecified atom stereocenters. The zero-order valence-corrected chi connectivity index (χ0v) is 26.4. The maximum atomic E-state index is 13.0. The number of aliphatic hydroxyl groups is 2. The number of nitrogens with zero attached hydrogens (tertiary/aromatic N) is 3. The summed E-state index contributed by atoms with van der Waals surface area (Å²) in [6.45, 7) is 11.6. The third-order valence-electron chi connectivity index (χ3n) is 8.40. The largest absolute Gasteiger partial charge is 0.457 e. The van der Waals surface area contributed by atoms with Gasteiger partial charge in [0.05, 0.1) is 19.1 Å². The van der Waals surface area contributed by atoms with Gasteiger partial charge in [0.25, 0.3) is 0 Å². The van der Waals surface area contributed by atoms with Crippen molar-refractivity contribution in [2.24, 2.45) is 11.8 Å². The van der Waals surface area contributed by atoms with Crippen LogP contribution >= 0.6 is 0 Å². The fourth-order valence-electron chi connectivity index (χ4n) is 5.36. The van der Waals surface area contributed by atoms with Gasteiger partial charge in [-0.15, -0.1) is 0 Å². The summed E-state index contributed by atoms with van der Waals surface area (Å²) in [5, 5.41) is 21.9. The van der Waals surface area contributed by atoms with E-state index in [0.717, 1.165) is 44.6 Å². The molecule has 0 bridgehead atoms. The van der Waals surface area contributed by atoms with Gasteiger partial charge in [-0.3, -0.25) is 4.79 Å². The summed E-state index contributed by atoms with van der Waals surface area (Å²) in [7, 11) is 2.00. The second-order valence-corrected chi connectivity index (χ2v) is 12.5. The van der Waals surface area contributed by atoms with E-state index in [0.29, 0.717) is 13.1 Å². The number of hydrogen-bond acceptors (Lipinski definition) is 9. The predicted octanol–water partition coefficient (Wildman–Crippen LogP) is 3.51. The van der Waals surface area contributed by atoms with Crippen LogP contribution < -0.4 is 0 Å². The number of cyclic esters (lactones) is 1. The molecule has 3 rings (SSSR count). The van der Waals surface area contributed by atoms with Gasteiger partial charge in [0.2, 0.25) is 0 Å². The minimum absolute atomic E-state index is 0.0140. The second kappa shape index (κ2) is 16.3.